The van der Waals surface area contributed by atoms with Crippen LogP contribution in [0.2, 0.25) is 0 Å². The number of methoxy groups -OCH3 is 1. The van der Waals surface area contributed by atoms with E-state index in [2.05, 4.69) is 15.5 Å². The van der Waals surface area contributed by atoms with Crippen molar-refractivity contribution in [3.8, 4) is 5.75 Å². The average molecular weight is 469 g/mol. The van der Waals surface area contributed by atoms with Crippen LogP contribution >= 0.6 is 11.8 Å². The second kappa shape index (κ2) is 12.1. The van der Waals surface area contributed by atoms with Crippen molar-refractivity contribution in [1.29, 1.82) is 0 Å². The second-order valence-corrected chi connectivity index (χ2v) is 8.16. The van der Waals surface area contributed by atoms with Gasteiger partial charge >= 0.3 is 5.97 Å². The molecule has 33 heavy (non-hydrogen) atoms. The molecule has 0 saturated heterocycles. The lowest BCUT2D eigenvalue weighted by Crippen LogP contribution is -2.15. The molecule has 1 N–H and O–H groups in total. The molecule has 0 saturated carbocycles. The first-order valence-corrected chi connectivity index (χ1v) is 11.8. The van der Waals surface area contributed by atoms with Crippen molar-refractivity contribution in [1.82, 2.24) is 14.8 Å². The Morgan fingerprint density at radius 2 is 1.88 bits per heavy atom. The number of nitrogens with zero attached hydrogens (tertiary/aromatic N) is 3. The van der Waals surface area contributed by atoms with E-state index in [1.165, 1.54) is 11.8 Å². The Kier molecular flexibility index (Phi) is 8.88. The summed E-state index contributed by atoms with van der Waals surface area (Å²) in [4.78, 5) is 24.5. The van der Waals surface area contributed by atoms with Crippen LogP contribution in [0.1, 0.15) is 42.0 Å². The molecule has 1 amide bonds. The van der Waals surface area contributed by atoms with Crippen molar-refractivity contribution in [2.75, 3.05) is 24.8 Å². The van der Waals surface area contributed by atoms with Gasteiger partial charge in [-0.15, -0.1) is 10.2 Å². The lowest BCUT2D eigenvalue weighted by Gasteiger charge is -2.09. The zero-order valence-corrected chi connectivity index (χ0v) is 19.9. The highest BCUT2D eigenvalue weighted by Crippen LogP contribution is 2.21. The molecule has 2 aromatic carbocycles. The summed E-state index contributed by atoms with van der Waals surface area (Å²) in [5.41, 5.74) is 2.05. The molecular formula is C24H28N4O4S. The summed E-state index contributed by atoms with van der Waals surface area (Å²) in [5.74, 6) is 1.22. The predicted octanol–water partition coefficient (Wildman–Crippen LogP) is 4.20. The molecule has 8 nitrogen and oxygen atoms in total. The summed E-state index contributed by atoms with van der Waals surface area (Å²) in [7, 11) is 1.64. The second-order valence-electron chi connectivity index (χ2n) is 7.22. The Balaban J connectivity index is 1.58. The lowest BCUT2D eigenvalue weighted by molar-refractivity contribution is -0.113. The number of carbonyl (C=O) groups is 2. The smallest absolute Gasteiger partial charge is 0.338 e. The molecule has 1 aromatic heterocycles. The number of amides is 1. The van der Waals surface area contributed by atoms with E-state index in [1.807, 2.05) is 42.7 Å². The Morgan fingerprint density at radius 1 is 1.09 bits per heavy atom. The first kappa shape index (κ1) is 24.3. The molecule has 9 heteroatoms. The summed E-state index contributed by atoms with van der Waals surface area (Å²) >= 11 is 1.32. The van der Waals surface area contributed by atoms with Crippen LogP contribution in [0.25, 0.3) is 0 Å². The summed E-state index contributed by atoms with van der Waals surface area (Å²) in [6, 6.07) is 14.6. The third-order valence-corrected chi connectivity index (χ3v) is 5.75. The van der Waals surface area contributed by atoms with Gasteiger partial charge in [0, 0.05) is 18.7 Å². The number of rotatable bonds is 11. The largest absolute Gasteiger partial charge is 0.497 e. The number of nitrogens with one attached hydrogen (secondary N) is 1. The van der Waals surface area contributed by atoms with Gasteiger partial charge in [-0.2, -0.15) is 0 Å². The Hall–Kier alpha value is -3.33. The Bertz CT molecular complexity index is 1080. The number of thioether (sulfide) groups is 1. The van der Waals surface area contributed by atoms with Crippen LogP contribution in [0.5, 0.6) is 5.75 Å². The zero-order chi connectivity index (χ0) is 23.6. The maximum atomic E-state index is 12.5. The molecule has 0 spiro atoms. The fraction of sp³-hybridized carbons (Fsp3) is 0.333. The normalized spacial score (nSPS) is 10.6. The maximum absolute atomic E-state index is 12.5. The Morgan fingerprint density at radius 3 is 2.58 bits per heavy atom. The zero-order valence-electron chi connectivity index (χ0n) is 19.0. The van der Waals surface area contributed by atoms with Gasteiger partial charge in [0.15, 0.2) is 5.16 Å². The maximum Gasteiger partial charge on any atom is 0.338 e. The van der Waals surface area contributed by atoms with Crippen LogP contribution in [0.3, 0.4) is 0 Å². The number of anilines is 1. The first-order chi connectivity index (χ1) is 16.0. The fourth-order valence-corrected chi connectivity index (χ4v) is 3.95. The summed E-state index contributed by atoms with van der Waals surface area (Å²) in [5, 5.41) is 12.1. The van der Waals surface area contributed by atoms with Crippen molar-refractivity contribution < 1.29 is 19.1 Å². The third kappa shape index (κ3) is 6.82. The van der Waals surface area contributed by atoms with E-state index in [0.717, 1.165) is 23.6 Å². The highest BCUT2D eigenvalue weighted by molar-refractivity contribution is 7.99. The molecule has 0 aliphatic rings. The van der Waals surface area contributed by atoms with Crippen LogP contribution in [0, 0.1) is 0 Å². The molecule has 0 aliphatic carbocycles. The minimum atomic E-state index is -0.400. The van der Waals surface area contributed by atoms with Gasteiger partial charge in [0.25, 0.3) is 0 Å². The van der Waals surface area contributed by atoms with Crippen molar-refractivity contribution in [3.05, 3.63) is 65.5 Å². The number of benzene rings is 2. The van der Waals surface area contributed by atoms with E-state index in [1.54, 1.807) is 31.4 Å². The van der Waals surface area contributed by atoms with Crippen LogP contribution in [0.4, 0.5) is 5.69 Å². The summed E-state index contributed by atoms with van der Waals surface area (Å²) in [6.07, 6.45) is 1.39. The number of hydrogen-bond acceptors (Lipinski definition) is 7. The minimum absolute atomic E-state index is 0.172. The molecule has 0 bridgehead atoms. The summed E-state index contributed by atoms with van der Waals surface area (Å²) in [6.45, 7) is 5.02. The molecule has 3 aromatic rings. The highest BCUT2D eigenvalue weighted by Gasteiger charge is 2.14. The van der Waals surface area contributed by atoms with Crippen LogP contribution in [-0.4, -0.2) is 46.1 Å². The fourth-order valence-electron chi connectivity index (χ4n) is 3.13. The Labute approximate surface area is 197 Å². The van der Waals surface area contributed by atoms with Crippen molar-refractivity contribution in [2.24, 2.45) is 0 Å². The molecule has 0 atom stereocenters. The number of esters is 1. The molecule has 0 radical (unpaired) electrons. The quantitative estimate of drug-likeness (QED) is 0.333. The van der Waals surface area contributed by atoms with Crippen molar-refractivity contribution >= 4 is 29.3 Å². The standard InChI is InChI=1S/C24H28N4O4S/c1-4-13-32-23(30)18-7-6-8-19(15-18)25-22(29)16-33-24-27-26-21(28(24)5-2)14-17-9-11-20(31-3)12-10-17/h6-12,15H,4-5,13-14,16H2,1-3H3,(H,25,29). The number of hydrogen-bond donors (Lipinski definition) is 1. The van der Waals surface area contributed by atoms with Gasteiger partial charge in [-0.05, 0) is 49.2 Å². The number of ether oxygens (including phenoxy) is 2. The van der Waals surface area contributed by atoms with Gasteiger partial charge in [0.1, 0.15) is 11.6 Å². The molecule has 1 heterocycles. The van der Waals surface area contributed by atoms with Gasteiger partial charge in [0.2, 0.25) is 5.91 Å². The molecule has 0 fully saturated rings. The van der Waals surface area contributed by atoms with Gasteiger partial charge in [-0.25, -0.2) is 4.79 Å². The van der Waals surface area contributed by atoms with Crippen LogP contribution in [0.15, 0.2) is 53.7 Å². The first-order valence-electron chi connectivity index (χ1n) is 10.8. The van der Waals surface area contributed by atoms with E-state index in [-0.39, 0.29) is 11.7 Å². The van der Waals surface area contributed by atoms with Crippen molar-refractivity contribution in [3.63, 3.8) is 0 Å². The molecular weight excluding hydrogens is 440 g/mol. The highest BCUT2D eigenvalue weighted by atomic mass is 32.2. The predicted molar refractivity (Wildman–Crippen MR) is 128 cm³/mol. The topological polar surface area (TPSA) is 95.3 Å². The average Bonchev–Trinajstić information content (AvgIpc) is 3.23. The number of aromatic nitrogens is 3. The molecule has 0 aliphatic heterocycles. The van der Waals surface area contributed by atoms with Gasteiger partial charge in [-0.3, -0.25) is 4.79 Å². The third-order valence-electron chi connectivity index (χ3n) is 4.78. The van der Waals surface area contributed by atoms with Crippen molar-refractivity contribution in [2.45, 2.75) is 38.4 Å². The molecule has 3 rings (SSSR count). The van der Waals surface area contributed by atoms with Gasteiger partial charge in [-0.1, -0.05) is 36.9 Å². The van der Waals surface area contributed by atoms with Gasteiger partial charge in [0.05, 0.1) is 25.0 Å². The van der Waals surface area contributed by atoms with Crippen LogP contribution in [-0.2, 0) is 22.5 Å². The molecule has 174 valence electrons. The van der Waals surface area contributed by atoms with Crippen LogP contribution < -0.4 is 10.1 Å². The van der Waals surface area contributed by atoms with Gasteiger partial charge < -0.3 is 19.4 Å². The van der Waals surface area contributed by atoms with E-state index < -0.39 is 5.97 Å². The SMILES string of the molecule is CCCOC(=O)c1cccc(NC(=O)CSc2nnc(Cc3ccc(OC)cc3)n2CC)c1. The number of carbonyl (C=O) groups excluding carboxylic acids is 2. The van der Waals surface area contributed by atoms with E-state index in [0.29, 0.717) is 36.0 Å². The lowest BCUT2D eigenvalue weighted by atomic mass is 10.1. The molecule has 0 unspecified atom stereocenters. The van der Waals surface area contributed by atoms with E-state index in [9.17, 15) is 9.59 Å². The monoisotopic (exact) mass is 468 g/mol. The van der Waals surface area contributed by atoms with E-state index >= 15 is 0 Å². The summed E-state index contributed by atoms with van der Waals surface area (Å²) < 4.78 is 12.4. The van der Waals surface area contributed by atoms with E-state index in [4.69, 9.17) is 9.47 Å². The minimum Gasteiger partial charge on any atom is -0.497 e.